The van der Waals surface area contributed by atoms with Crippen LogP contribution in [0.1, 0.15) is 28.2 Å². The standard InChI is InChI=1S/C19H20F3NO.C5H9N3O2S/c1-23-18-10-13-6-7-15(24-2)11-16(13)17(18)9-12-4-3-5-14(8-12)19(20,21)22;1-6-11(9,10)5-3-8(2)4-7-5/h3-8,11,17-18,23H,9-10H2,1-2H3;3-4,6H,1-2H3. The molecule has 1 aliphatic carbocycles. The van der Waals surface area contributed by atoms with Gasteiger partial charge in [-0.15, -0.1) is 0 Å². The Morgan fingerprint density at radius 3 is 2.49 bits per heavy atom. The normalized spacial score (nSPS) is 17.5. The van der Waals surface area contributed by atoms with Gasteiger partial charge in [-0.25, -0.2) is 18.1 Å². The Kier molecular flexibility index (Phi) is 8.24. The summed E-state index contributed by atoms with van der Waals surface area (Å²) in [4.78, 5) is 3.67. The first-order valence-electron chi connectivity index (χ1n) is 10.9. The molecule has 0 saturated heterocycles. The summed E-state index contributed by atoms with van der Waals surface area (Å²) < 4.78 is 69.9. The van der Waals surface area contributed by atoms with Crippen LogP contribution < -0.4 is 14.8 Å². The summed E-state index contributed by atoms with van der Waals surface area (Å²) in [5, 5.41) is 3.34. The summed E-state index contributed by atoms with van der Waals surface area (Å²) in [5.74, 6) is 0.906. The SMILES string of the molecule is CNC1Cc2ccc(OC)cc2C1Cc1cccc(C(F)(F)F)c1.CNS(=O)(=O)c1cn(C)cn1. The fraction of sp³-hybridized carbons (Fsp3) is 0.375. The second-order valence-electron chi connectivity index (χ2n) is 8.26. The van der Waals surface area contributed by atoms with Crippen molar-refractivity contribution in [2.45, 2.75) is 36.0 Å². The highest BCUT2D eigenvalue weighted by atomic mass is 32.2. The van der Waals surface area contributed by atoms with E-state index in [1.165, 1.54) is 37.3 Å². The van der Waals surface area contributed by atoms with Gasteiger partial charge in [-0.1, -0.05) is 24.3 Å². The van der Waals surface area contributed by atoms with Gasteiger partial charge in [0.2, 0.25) is 0 Å². The lowest BCUT2D eigenvalue weighted by Gasteiger charge is -2.21. The number of nitrogens with one attached hydrogen (secondary N) is 2. The van der Waals surface area contributed by atoms with Crippen molar-refractivity contribution >= 4 is 10.0 Å². The van der Waals surface area contributed by atoms with Gasteiger partial charge in [0.25, 0.3) is 10.0 Å². The zero-order valence-corrected chi connectivity index (χ0v) is 20.7. The molecule has 7 nitrogen and oxygen atoms in total. The van der Waals surface area contributed by atoms with E-state index < -0.39 is 21.8 Å². The highest BCUT2D eigenvalue weighted by Crippen LogP contribution is 2.38. The van der Waals surface area contributed by atoms with Crippen LogP contribution in [-0.4, -0.2) is 45.2 Å². The molecule has 2 unspecified atom stereocenters. The molecule has 190 valence electrons. The number of aromatic nitrogens is 2. The van der Waals surface area contributed by atoms with Crippen molar-refractivity contribution in [1.29, 1.82) is 0 Å². The van der Waals surface area contributed by atoms with Crippen molar-refractivity contribution in [2.24, 2.45) is 7.05 Å². The summed E-state index contributed by atoms with van der Waals surface area (Å²) >= 11 is 0. The Morgan fingerprint density at radius 2 is 1.91 bits per heavy atom. The van der Waals surface area contributed by atoms with Crippen molar-refractivity contribution in [2.75, 3.05) is 21.2 Å². The third kappa shape index (κ3) is 6.41. The van der Waals surface area contributed by atoms with Gasteiger partial charge in [-0.3, -0.25) is 0 Å². The number of methoxy groups -OCH3 is 1. The molecule has 0 fully saturated rings. The number of benzene rings is 2. The maximum atomic E-state index is 12.9. The highest BCUT2D eigenvalue weighted by molar-refractivity contribution is 7.89. The molecule has 4 rings (SSSR count). The van der Waals surface area contributed by atoms with Gasteiger partial charge < -0.3 is 14.6 Å². The summed E-state index contributed by atoms with van der Waals surface area (Å²) in [5.41, 5.74) is 2.49. The number of fused-ring (bicyclic) bond motifs is 1. The second-order valence-corrected chi connectivity index (χ2v) is 10.1. The second kappa shape index (κ2) is 10.8. The number of ether oxygens (including phenoxy) is 1. The quantitative estimate of drug-likeness (QED) is 0.530. The number of nitrogens with zero attached hydrogens (tertiary/aromatic N) is 2. The van der Waals surface area contributed by atoms with Crippen LogP contribution in [0.25, 0.3) is 0 Å². The molecular weight excluding hydrogens is 481 g/mol. The average Bonchev–Trinajstić information content (AvgIpc) is 3.42. The van der Waals surface area contributed by atoms with Crippen LogP contribution in [0.15, 0.2) is 60.0 Å². The first kappa shape index (κ1) is 26.7. The van der Waals surface area contributed by atoms with Crippen LogP contribution in [0.5, 0.6) is 5.75 Å². The van der Waals surface area contributed by atoms with E-state index >= 15 is 0 Å². The average molecular weight is 511 g/mol. The van der Waals surface area contributed by atoms with E-state index in [9.17, 15) is 21.6 Å². The van der Waals surface area contributed by atoms with E-state index in [4.69, 9.17) is 4.74 Å². The fourth-order valence-electron chi connectivity index (χ4n) is 4.14. The van der Waals surface area contributed by atoms with Crippen LogP contribution in [0, 0.1) is 0 Å². The predicted octanol–water partition coefficient (Wildman–Crippen LogP) is 3.51. The number of halogens is 3. The van der Waals surface area contributed by atoms with Gasteiger partial charge in [0.1, 0.15) is 5.75 Å². The Bertz CT molecular complexity index is 1260. The van der Waals surface area contributed by atoms with Gasteiger partial charge in [0.05, 0.1) is 19.0 Å². The van der Waals surface area contributed by atoms with Gasteiger partial charge in [-0.2, -0.15) is 13.2 Å². The van der Waals surface area contributed by atoms with Crippen LogP contribution in [0.2, 0.25) is 0 Å². The number of hydrogen-bond donors (Lipinski definition) is 2. The van der Waals surface area contributed by atoms with Crippen molar-refractivity contribution < 1.29 is 26.3 Å². The van der Waals surface area contributed by atoms with E-state index in [0.29, 0.717) is 12.0 Å². The molecule has 0 saturated carbocycles. The first-order valence-corrected chi connectivity index (χ1v) is 12.4. The van der Waals surface area contributed by atoms with E-state index in [0.717, 1.165) is 23.8 Å². The number of sulfonamides is 1. The minimum absolute atomic E-state index is 0.0440. The fourth-order valence-corrected chi connectivity index (χ4v) is 4.84. The smallest absolute Gasteiger partial charge is 0.416 e. The highest BCUT2D eigenvalue weighted by Gasteiger charge is 2.33. The number of likely N-dealkylation sites (N-methyl/N-ethyl adjacent to an activating group) is 1. The maximum Gasteiger partial charge on any atom is 0.416 e. The predicted molar refractivity (Wildman–Crippen MR) is 127 cm³/mol. The summed E-state index contributed by atoms with van der Waals surface area (Å²) in [7, 11) is 3.22. The molecule has 2 aromatic carbocycles. The summed E-state index contributed by atoms with van der Waals surface area (Å²) in [6.07, 6.45) is 0.000325. The molecule has 11 heteroatoms. The van der Waals surface area contributed by atoms with Crippen LogP contribution in [0.4, 0.5) is 13.2 Å². The Balaban J connectivity index is 0.000000261. The third-order valence-corrected chi connectivity index (χ3v) is 7.28. The number of alkyl halides is 3. The molecule has 0 aliphatic heterocycles. The van der Waals surface area contributed by atoms with Gasteiger partial charge >= 0.3 is 6.18 Å². The zero-order valence-electron chi connectivity index (χ0n) is 19.9. The zero-order chi connectivity index (χ0) is 25.8. The van der Waals surface area contributed by atoms with Crippen LogP contribution in [-0.2, 0) is 36.1 Å². The molecule has 1 heterocycles. The number of aryl methyl sites for hydroxylation is 1. The maximum absolute atomic E-state index is 12.9. The monoisotopic (exact) mass is 510 g/mol. The lowest BCUT2D eigenvalue weighted by Crippen LogP contribution is -2.30. The molecule has 1 aliphatic rings. The lowest BCUT2D eigenvalue weighted by molar-refractivity contribution is -0.137. The van der Waals surface area contributed by atoms with Crippen molar-refractivity contribution in [3.63, 3.8) is 0 Å². The van der Waals surface area contributed by atoms with Gasteiger partial charge in [0, 0.05) is 25.2 Å². The molecule has 0 bridgehead atoms. The summed E-state index contributed by atoms with van der Waals surface area (Å²) in [6, 6.07) is 11.8. The van der Waals surface area contributed by atoms with Crippen molar-refractivity contribution in [3.8, 4) is 5.75 Å². The molecule has 0 radical (unpaired) electrons. The molecule has 1 aromatic heterocycles. The molecule has 0 amide bonds. The molecule has 2 N–H and O–H groups in total. The topological polar surface area (TPSA) is 85.3 Å². The van der Waals surface area contributed by atoms with Crippen LogP contribution in [0.3, 0.4) is 0 Å². The lowest BCUT2D eigenvalue weighted by atomic mass is 9.90. The van der Waals surface area contributed by atoms with E-state index in [1.807, 2.05) is 25.2 Å². The minimum Gasteiger partial charge on any atom is -0.497 e. The minimum atomic E-state index is -4.31. The van der Waals surface area contributed by atoms with Gasteiger partial charge in [0.15, 0.2) is 5.03 Å². The summed E-state index contributed by atoms with van der Waals surface area (Å²) in [6.45, 7) is 0. The van der Waals surface area contributed by atoms with Crippen molar-refractivity contribution in [3.05, 3.63) is 77.2 Å². The van der Waals surface area contributed by atoms with E-state index in [1.54, 1.807) is 24.8 Å². The molecule has 35 heavy (non-hydrogen) atoms. The largest absolute Gasteiger partial charge is 0.497 e. The van der Waals surface area contributed by atoms with Gasteiger partial charge in [-0.05, 0) is 61.8 Å². The Morgan fingerprint density at radius 1 is 1.17 bits per heavy atom. The molecule has 3 aromatic rings. The molecule has 2 atom stereocenters. The number of rotatable bonds is 6. The van der Waals surface area contributed by atoms with E-state index in [2.05, 4.69) is 15.0 Å². The Hall–Kier alpha value is -2.89. The number of hydrogen-bond acceptors (Lipinski definition) is 5. The number of imidazole rings is 1. The van der Waals surface area contributed by atoms with Crippen molar-refractivity contribution in [1.82, 2.24) is 19.6 Å². The van der Waals surface area contributed by atoms with E-state index in [-0.39, 0.29) is 17.0 Å². The molecular formula is C24H29F3N4O3S. The third-order valence-electron chi connectivity index (χ3n) is 5.98. The van der Waals surface area contributed by atoms with Crippen LogP contribution >= 0.6 is 0 Å². The first-order chi connectivity index (χ1) is 16.5. The Labute approximate surface area is 203 Å². The molecule has 0 spiro atoms.